The van der Waals surface area contributed by atoms with Gasteiger partial charge in [0.25, 0.3) is 11.5 Å². The molecule has 6 heteroatoms. The van der Waals surface area contributed by atoms with Crippen molar-refractivity contribution in [1.82, 2.24) is 20.1 Å². The van der Waals surface area contributed by atoms with Gasteiger partial charge in [-0.15, -0.1) is 0 Å². The molecule has 0 aliphatic rings. The summed E-state index contributed by atoms with van der Waals surface area (Å²) < 4.78 is 1.35. The molecule has 0 spiro atoms. The summed E-state index contributed by atoms with van der Waals surface area (Å²) in [5.41, 5.74) is 2.02. The van der Waals surface area contributed by atoms with Crippen LogP contribution in [-0.2, 0) is 13.1 Å². The number of aromatic amines is 1. The standard InChI is InChI=1S/C18H20N4O2/c1-2-3-10-22-17(23)9-8-16(21-22)18(24)19-12-14-11-13-6-4-5-7-15(13)20-14/h4-9,11,20H,2-3,10,12H2,1H3,(H,19,24). The van der Waals surface area contributed by atoms with Crippen molar-refractivity contribution >= 4 is 16.8 Å². The van der Waals surface area contributed by atoms with Crippen molar-refractivity contribution in [2.45, 2.75) is 32.9 Å². The average molecular weight is 324 g/mol. The van der Waals surface area contributed by atoms with Gasteiger partial charge in [-0.3, -0.25) is 9.59 Å². The maximum atomic E-state index is 12.3. The van der Waals surface area contributed by atoms with Gasteiger partial charge in [0.15, 0.2) is 0 Å². The highest BCUT2D eigenvalue weighted by molar-refractivity contribution is 5.92. The number of benzene rings is 1. The minimum atomic E-state index is -0.293. The number of aryl methyl sites for hydroxylation is 1. The Hall–Kier alpha value is -2.89. The lowest BCUT2D eigenvalue weighted by atomic mass is 10.2. The van der Waals surface area contributed by atoms with Crippen LogP contribution < -0.4 is 10.9 Å². The third-order valence-electron chi connectivity index (χ3n) is 3.85. The smallest absolute Gasteiger partial charge is 0.272 e. The number of nitrogens with zero attached hydrogens (tertiary/aromatic N) is 2. The van der Waals surface area contributed by atoms with Gasteiger partial charge >= 0.3 is 0 Å². The van der Waals surface area contributed by atoms with Crippen LogP contribution in [0.4, 0.5) is 0 Å². The van der Waals surface area contributed by atoms with Crippen LogP contribution >= 0.6 is 0 Å². The second kappa shape index (κ2) is 7.12. The number of hydrogen-bond acceptors (Lipinski definition) is 3. The number of H-pyrrole nitrogens is 1. The molecular formula is C18H20N4O2. The third-order valence-corrected chi connectivity index (χ3v) is 3.85. The minimum Gasteiger partial charge on any atom is -0.357 e. The number of aromatic nitrogens is 3. The number of nitrogens with one attached hydrogen (secondary N) is 2. The lowest BCUT2D eigenvalue weighted by Gasteiger charge is -2.07. The molecule has 0 saturated heterocycles. The van der Waals surface area contributed by atoms with Crippen LogP contribution in [0.25, 0.3) is 10.9 Å². The van der Waals surface area contributed by atoms with Gasteiger partial charge in [0.1, 0.15) is 5.69 Å². The van der Waals surface area contributed by atoms with E-state index in [-0.39, 0.29) is 17.2 Å². The number of unbranched alkanes of at least 4 members (excludes halogenated alkanes) is 1. The predicted molar refractivity (Wildman–Crippen MR) is 92.9 cm³/mol. The Morgan fingerprint density at radius 3 is 2.88 bits per heavy atom. The molecule has 0 fully saturated rings. The van der Waals surface area contributed by atoms with Crippen LogP contribution in [0, 0.1) is 0 Å². The summed E-state index contributed by atoms with van der Waals surface area (Å²) in [5, 5.41) is 8.08. The Bertz CT molecular complexity index is 878. The molecule has 0 saturated carbocycles. The molecule has 2 aromatic heterocycles. The Labute approximate surface area is 139 Å². The summed E-state index contributed by atoms with van der Waals surface area (Å²) in [7, 11) is 0. The molecule has 0 unspecified atom stereocenters. The first-order valence-corrected chi connectivity index (χ1v) is 8.10. The van der Waals surface area contributed by atoms with Gasteiger partial charge in [0, 0.05) is 23.8 Å². The quantitative estimate of drug-likeness (QED) is 0.731. The van der Waals surface area contributed by atoms with Crippen molar-refractivity contribution in [3.8, 4) is 0 Å². The highest BCUT2D eigenvalue weighted by Crippen LogP contribution is 2.14. The van der Waals surface area contributed by atoms with Gasteiger partial charge in [0.2, 0.25) is 0 Å². The van der Waals surface area contributed by atoms with Crippen molar-refractivity contribution in [2.75, 3.05) is 0 Å². The first-order valence-electron chi connectivity index (χ1n) is 8.10. The van der Waals surface area contributed by atoms with E-state index in [1.807, 2.05) is 37.3 Å². The van der Waals surface area contributed by atoms with E-state index >= 15 is 0 Å². The van der Waals surface area contributed by atoms with Crippen LogP contribution in [0.15, 0.2) is 47.3 Å². The number of hydrogen-bond donors (Lipinski definition) is 2. The Kier molecular flexibility index (Phi) is 4.74. The van der Waals surface area contributed by atoms with E-state index in [1.165, 1.54) is 16.8 Å². The van der Waals surface area contributed by atoms with Gasteiger partial charge in [0.05, 0.1) is 6.54 Å². The number of fused-ring (bicyclic) bond motifs is 1. The number of carbonyl (C=O) groups excluding carboxylic acids is 1. The number of rotatable bonds is 6. The lowest BCUT2D eigenvalue weighted by Crippen LogP contribution is -2.29. The van der Waals surface area contributed by atoms with E-state index in [0.29, 0.717) is 13.1 Å². The topological polar surface area (TPSA) is 79.8 Å². The normalized spacial score (nSPS) is 10.9. The molecular weight excluding hydrogens is 304 g/mol. The molecule has 0 aliphatic carbocycles. The minimum absolute atomic E-state index is 0.185. The van der Waals surface area contributed by atoms with Crippen molar-refractivity contribution in [3.05, 3.63) is 64.2 Å². The van der Waals surface area contributed by atoms with Crippen molar-refractivity contribution < 1.29 is 4.79 Å². The summed E-state index contributed by atoms with van der Waals surface area (Å²) >= 11 is 0. The van der Waals surface area contributed by atoms with Crippen LogP contribution in [0.1, 0.15) is 35.9 Å². The van der Waals surface area contributed by atoms with Crippen LogP contribution in [0.3, 0.4) is 0 Å². The lowest BCUT2D eigenvalue weighted by molar-refractivity contribution is 0.0943. The molecule has 24 heavy (non-hydrogen) atoms. The summed E-state index contributed by atoms with van der Waals surface area (Å²) in [6.45, 7) is 2.95. The second-order valence-electron chi connectivity index (χ2n) is 5.70. The number of para-hydroxylation sites is 1. The predicted octanol–water partition coefficient (Wildman–Crippen LogP) is 2.45. The third kappa shape index (κ3) is 3.53. The molecule has 1 amide bonds. The highest BCUT2D eigenvalue weighted by Gasteiger charge is 2.10. The van der Waals surface area contributed by atoms with Gasteiger partial charge in [-0.25, -0.2) is 4.68 Å². The summed E-state index contributed by atoms with van der Waals surface area (Å²) in [6, 6.07) is 12.8. The van der Waals surface area contributed by atoms with Gasteiger partial charge in [-0.1, -0.05) is 31.5 Å². The van der Waals surface area contributed by atoms with Crippen LogP contribution in [0.2, 0.25) is 0 Å². The van der Waals surface area contributed by atoms with Crippen molar-refractivity contribution in [1.29, 1.82) is 0 Å². The van der Waals surface area contributed by atoms with E-state index in [0.717, 1.165) is 29.4 Å². The summed E-state index contributed by atoms with van der Waals surface area (Å²) in [4.78, 5) is 27.3. The second-order valence-corrected chi connectivity index (χ2v) is 5.70. The Morgan fingerprint density at radius 1 is 1.25 bits per heavy atom. The first kappa shape index (κ1) is 16.0. The molecule has 3 aromatic rings. The number of amides is 1. The largest absolute Gasteiger partial charge is 0.357 e. The fourth-order valence-corrected chi connectivity index (χ4v) is 2.53. The van der Waals surface area contributed by atoms with Crippen molar-refractivity contribution in [2.24, 2.45) is 0 Å². The Balaban J connectivity index is 1.69. The first-order chi connectivity index (χ1) is 11.7. The Morgan fingerprint density at radius 2 is 2.08 bits per heavy atom. The van der Waals surface area contributed by atoms with Gasteiger partial charge in [-0.2, -0.15) is 5.10 Å². The summed E-state index contributed by atoms with van der Waals surface area (Å²) in [6.07, 6.45) is 1.82. The maximum Gasteiger partial charge on any atom is 0.272 e. The molecule has 2 heterocycles. The molecule has 3 rings (SSSR count). The average Bonchev–Trinajstić information content (AvgIpc) is 3.02. The molecule has 0 atom stereocenters. The monoisotopic (exact) mass is 324 g/mol. The number of carbonyl (C=O) groups is 1. The van der Waals surface area contributed by atoms with Gasteiger partial charge in [-0.05, 0) is 30.0 Å². The molecule has 1 aromatic carbocycles. The highest BCUT2D eigenvalue weighted by atomic mass is 16.2. The molecule has 6 nitrogen and oxygen atoms in total. The molecule has 0 radical (unpaired) electrons. The zero-order chi connectivity index (χ0) is 16.9. The fourth-order valence-electron chi connectivity index (χ4n) is 2.53. The van der Waals surface area contributed by atoms with Gasteiger partial charge < -0.3 is 10.3 Å². The molecule has 0 bridgehead atoms. The fraction of sp³-hybridized carbons (Fsp3) is 0.278. The van der Waals surface area contributed by atoms with E-state index in [9.17, 15) is 9.59 Å². The van der Waals surface area contributed by atoms with Crippen LogP contribution in [-0.4, -0.2) is 20.7 Å². The van der Waals surface area contributed by atoms with Crippen LogP contribution in [0.5, 0.6) is 0 Å². The zero-order valence-corrected chi connectivity index (χ0v) is 13.6. The SMILES string of the molecule is CCCCn1nc(C(=O)NCc2cc3ccccc3[nH]2)ccc1=O. The van der Waals surface area contributed by atoms with Crippen molar-refractivity contribution in [3.63, 3.8) is 0 Å². The molecule has 0 aliphatic heterocycles. The molecule has 124 valence electrons. The van der Waals surface area contributed by atoms with E-state index in [1.54, 1.807) is 0 Å². The van der Waals surface area contributed by atoms with E-state index in [4.69, 9.17) is 0 Å². The summed E-state index contributed by atoms with van der Waals surface area (Å²) in [5.74, 6) is -0.293. The van der Waals surface area contributed by atoms with E-state index < -0.39 is 0 Å². The zero-order valence-electron chi connectivity index (χ0n) is 13.6. The maximum absolute atomic E-state index is 12.3. The van der Waals surface area contributed by atoms with E-state index in [2.05, 4.69) is 15.4 Å². The molecule has 2 N–H and O–H groups in total.